The van der Waals surface area contributed by atoms with Crippen LogP contribution >= 0.6 is 0 Å². The number of ether oxygens (including phenoxy) is 1. The molecule has 1 aromatic rings. The number of carbonyl (C=O) groups excluding carboxylic acids is 1. The fraction of sp³-hybridized carbons (Fsp3) is 0.357. The van der Waals surface area contributed by atoms with E-state index in [0.717, 1.165) is 12.0 Å². The van der Waals surface area contributed by atoms with Gasteiger partial charge in [-0.1, -0.05) is 18.1 Å². The van der Waals surface area contributed by atoms with Gasteiger partial charge in [0.25, 0.3) is 5.91 Å². The van der Waals surface area contributed by atoms with Crippen LogP contribution in [0.5, 0.6) is 5.75 Å². The minimum atomic E-state index is -0.577. The predicted octanol–water partition coefficient (Wildman–Crippen LogP) is 0.704. The standard InChI is InChI=1S/C14H18N2O2/c1-3-9-16-14(17)11(2)18-13-6-4-5-12(10-13)7-8-15/h1,4-6,10-11H,7-9,15H2,2H3,(H,16,17). The maximum Gasteiger partial charge on any atom is 0.261 e. The van der Waals surface area contributed by atoms with Gasteiger partial charge in [-0.25, -0.2) is 0 Å². The highest BCUT2D eigenvalue weighted by Crippen LogP contribution is 2.15. The molecule has 0 bridgehead atoms. The van der Waals surface area contributed by atoms with Crippen LogP contribution in [0, 0.1) is 12.3 Å². The number of terminal acetylenes is 1. The molecule has 1 rings (SSSR count). The van der Waals surface area contributed by atoms with Crippen LogP contribution in [0.4, 0.5) is 0 Å². The van der Waals surface area contributed by atoms with E-state index in [1.807, 2.05) is 24.3 Å². The SMILES string of the molecule is C#CCNC(=O)C(C)Oc1cccc(CCN)c1. The second kappa shape index (κ2) is 7.36. The number of amides is 1. The summed E-state index contributed by atoms with van der Waals surface area (Å²) < 4.78 is 5.54. The molecule has 0 fully saturated rings. The van der Waals surface area contributed by atoms with Crippen molar-refractivity contribution < 1.29 is 9.53 Å². The lowest BCUT2D eigenvalue weighted by Crippen LogP contribution is -2.36. The van der Waals surface area contributed by atoms with Gasteiger partial charge in [0, 0.05) is 0 Å². The van der Waals surface area contributed by atoms with E-state index in [9.17, 15) is 4.79 Å². The van der Waals surface area contributed by atoms with Crippen molar-refractivity contribution in [2.75, 3.05) is 13.1 Å². The molecule has 4 nitrogen and oxygen atoms in total. The molecular formula is C14H18N2O2. The summed E-state index contributed by atoms with van der Waals surface area (Å²) in [5, 5.41) is 2.57. The zero-order valence-electron chi connectivity index (χ0n) is 10.5. The molecule has 0 aliphatic rings. The Morgan fingerprint density at radius 2 is 2.39 bits per heavy atom. The van der Waals surface area contributed by atoms with E-state index in [1.54, 1.807) is 6.92 Å². The molecule has 0 spiro atoms. The van der Waals surface area contributed by atoms with Crippen LogP contribution in [0.25, 0.3) is 0 Å². The summed E-state index contributed by atoms with van der Waals surface area (Å²) in [5.41, 5.74) is 6.58. The molecule has 0 radical (unpaired) electrons. The molecule has 1 atom stereocenters. The van der Waals surface area contributed by atoms with Crippen molar-refractivity contribution in [3.63, 3.8) is 0 Å². The number of rotatable bonds is 6. The number of benzene rings is 1. The van der Waals surface area contributed by atoms with Gasteiger partial charge in [-0.05, 0) is 37.6 Å². The van der Waals surface area contributed by atoms with Crippen LogP contribution < -0.4 is 15.8 Å². The van der Waals surface area contributed by atoms with Crippen LogP contribution in [-0.2, 0) is 11.2 Å². The van der Waals surface area contributed by atoms with Gasteiger partial charge in [-0.15, -0.1) is 6.42 Å². The van der Waals surface area contributed by atoms with Crippen molar-refractivity contribution >= 4 is 5.91 Å². The van der Waals surface area contributed by atoms with E-state index in [0.29, 0.717) is 12.3 Å². The molecule has 96 valence electrons. The quantitative estimate of drug-likeness (QED) is 0.726. The lowest BCUT2D eigenvalue weighted by molar-refractivity contribution is -0.126. The first kappa shape index (κ1) is 14.1. The summed E-state index contributed by atoms with van der Waals surface area (Å²) in [7, 11) is 0. The third-order valence-electron chi connectivity index (χ3n) is 2.38. The number of hydrogen-bond acceptors (Lipinski definition) is 3. The van der Waals surface area contributed by atoms with E-state index in [1.165, 1.54) is 0 Å². The summed E-state index contributed by atoms with van der Waals surface area (Å²) in [4.78, 5) is 11.6. The maximum atomic E-state index is 11.6. The van der Waals surface area contributed by atoms with Gasteiger partial charge in [0.05, 0.1) is 6.54 Å². The molecule has 3 N–H and O–H groups in total. The molecule has 0 saturated heterocycles. The van der Waals surface area contributed by atoms with E-state index in [-0.39, 0.29) is 12.5 Å². The lowest BCUT2D eigenvalue weighted by atomic mass is 10.1. The van der Waals surface area contributed by atoms with Crippen molar-refractivity contribution in [2.45, 2.75) is 19.4 Å². The Morgan fingerprint density at radius 1 is 1.61 bits per heavy atom. The summed E-state index contributed by atoms with van der Waals surface area (Å²) in [6.45, 7) is 2.48. The molecule has 1 amide bonds. The fourth-order valence-electron chi connectivity index (χ4n) is 1.48. The van der Waals surface area contributed by atoms with Gasteiger partial charge in [-0.3, -0.25) is 4.79 Å². The highest BCUT2D eigenvalue weighted by atomic mass is 16.5. The third kappa shape index (κ3) is 4.48. The molecule has 0 saturated carbocycles. The van der Waals surface area contributed by atoms with Gasteiger partial charge in [-0.2, -0.15) is 0 Å². The van der Waals surface area contributed by atoms with Crippen LogP contribution in [0.3, 0.4) is 0 Å². The largest absolute Gasteiger partial charge is 0.481 e. The predicted molar refractivity (Wildman–Crippen MR) is 71.1 cm³/mol. The average molecular weight is 246 g/mol. The maximum absolute atomic E-state index is 11.6. The van der Waals surface area contributed by atoms with E-state index >= 15 is 0 Å². The number of carbonyl (C=O) groups is 1. The molecule has 0 aliphatic carbocycles. The van der Waals surface area contributed by atoms with Crippen LogP contribution in [-0.4, -0.2) is 25.1 Å². The fourth-order valence-corrected chi connectivity index (χ4v) is 1.48. The number of hydrogen-bond donors (Lipinski definition) is 2. The van der Waals surface area contributed by atoms with Crippen LogP contribution in [0.2, 0.25) is 0 Å². The van der Waals surface area contributed by atoms with Crippen LogP contribution in [0.15, 0.2) is 24.3 Å². The van der Waals surface area contributed by atoms with Crippen molar-refractivity contribution in [3.05, 3.63) is 29.8 Å². The first-order valence-corrected chi connectivity index (χ1v) is 5.84. The molecule has 0 aromatic heterocycles. The highest BCUT2D eigenvalue weighted by molar-refractivity contribution is 5.80. The molecule has 1 aromatic carbocycles. The van der Waals surface area contributed by atoms with Crippen molar-refractivity contribution in [1.82, 2.24) is 5.32 Å². The minimum absolute atomic E-state index is 0.208. The third-order valence-corrected chi connectivity index (χ3v) is 2.38. The Bertz CT molecular complexity index is 438. The van der Waals surface area contributed by atoms with Crippen LogP contribution in [0.1, 0.15) is 12.5 Å². The summed E-state index contributed by atoms with van der Waals surface area (Å²) in [5.74, 6) is 2.77. The molecular weight excluding hydrogens is 228 g/mol. The summed E-state index contributed by atoms with van der Waals surface area (Å²) in [6.07, 6.45) is 5.27. The van der Waals surface area contributed by atoms with Crippen molar-refractivity contribution in [2.24, 2.45) is 5.73 Å². The topological polar surface area (TPSA) is 64.3 Å². The van der Waals surface area contributed by atoms with E-state index in [4.69, 9.17) is 16.9 Å². The molecule has 4 heteroatoms. The Morgan fingerprint density at radius 3 is 3.06 bits per heavy atom. The van der Waals surface area contributed by atoms with Gasteiger partial charge in [0.15, 0.2) is 6.10 Å². The van der Waals surface area contributed by atoms with Crippen molar-refractivity contribution in [3.8, 4) is 18.1 Å². The summed E-state index contributed by atoms with van der Waals surface area (Å²) >= 11 is 0. The Balaban J connectivity index is 2.58. The summed E-state index contributed by atoms with van der Waals surface area (Å²) in [6, 6.07) is 7.55. The first-order chi connectivity index (χ1) is 8.67. The monoisotopic (exact) mass is 246 g/mol. The van der Waals surface area contributed by atoms with Crippen molar-refractivity contribution in [1.29, 1.82) is 0 Å². The Kier molecular flexibility index (Phi) is 5.75. The molecule has 0 heterocycles. The Hall–Kier alpha value is -1.99. The van der Waals surface area contributed by atoms with Gasteiger partial charge in [0.1, 0.15) is 5.75 Å². The minimum Gasteiger partial charge on any atom is -0.481 e. The zero-order valence-corrected chi connectivity index (χ0v) is 10.5. The smallest absolute Gasteiger partial charge is 0.261 e. The highest BCUT2D eigenvalue weighted by Gasteiger charge is 2.13. The first-order valence-electron chi connectivity index (χ1n) is 5.84. The molecule has 0 aliphatic heterocycles. The van der Waals surface area contributed by atoms with Gasteiger partial charge in [0.2, 0.25) is 0 Å². The molecule has 18 heavy (non-hydrogen) atoms. The number of nitrogens with one attached hydrogen (secondary N) is 1. The zero-order chi connectivity index (χ0) is 13.4. The Labute approximate surface area is 108 Å². The van der Waals surface area contributed by atoms with E-state index < -0.39 is 6.10 Å². The lowest BCUT2D eigenvalue weighted by Gasteiger charge is -2.14. The molecule has 1 unspecified atom stereocenters. The normalized spacial score (nSPS) is 11.4. The number of nitrogens with two attached hydrogens (primary N) is 1. The second-order valence-corrected chi connectivity index (χ2v) is 3.87. The van der Waals surface area contributed by atoms with E-state index in [2.05, 4.69) is 11.2 Å². The van der Waals surface area contributed by atoms with Gasteiger partial charge < -0.3 is 15.8 Å². The average Bonchev–Trinajstić information content (AvgIpc) is 2.36. The second-order valence-electron chi connectivity index (χ2n) is 3.87. The van der Waals surface area contributed by atoms with Gasteiger partial charge >= 0.3 is 0 Å².